The standard InChI is InChI=1S/C24H29FN6O4/c1-24(22(32)27-10-4-12-33-3)13-34-21(35-14-24)20-30-18(15-5-7-16(25)8-6-15)19(31-20)17-9-11-28-23(26-2)29-17/h5-9,11,21H,4,10,12-14H2,1-3H3,(H,27,32)(H,30,31)(H,26,28,29). The molecule has 1 saturated heterocycles. The van der Waals surface area contributed by atoms with E-state index in [1.54, 1.807) is 45.5 Å². The van der Waals surface area contributed by atoms with Crippen molar-refractivity contribution in [2.75, 3.05) is 45.8 Å². The third kappa shape index (κ3) is 5.64. The molecule has 0 radical (unpaired) electrons. The van der Waals surface area contributed by atoms with Crippen LogP contribution in [-0.4, -0.2) is 66.4 Å². The van der Waals surface area contributed by atoms with Gasteiger partial charge >= 0.3 is 0 Å². The number of aromatic nitrogens is 4. The molecule has 3 aromatic rings. The zero-order chi connectivity index (χ0) is 24.8. The van der Waals surface area contributed by atoms with E-state index >= 15 is 0 Å². The van der Waals surface area contributed by atoms with Gasteiger partial charge in [-0.15, -0.1) is 0 Å². The molecule has 0 aliphatic carbocycles. The second kappa shape index (κ2) is 10.9. The quantitative estimate of drug-likeness (QED) is 0.396. The van der Waals surface area contributed by atoms with E-state index in [0.717, 1.165) is 6.42 Å². The first-order chi connectivity index (χ1) is 16.9. The van der Waals surface area contributed by atoms with Gasteiger partial charge in [0.15, 0.2) is 5.82 Å². The first kappa shape index (κ1) is 24.7. The molecular weight excluding hydrogens is 455 g/mol. The lowest BCUT2D eigenvalue weighted by Crippen LogP contribution is -2.48. The molecule has 11 heteroatoms. The molecule has 1 amide bonds. The molecular formula is C24H29FN6O4. The predicted octanol–water partition coefficient (Wildman–Crippen LogP) is 2.92. The van der Waals surface area contributed by atoms with Gasteiger partial charge in [-0.2, -0.15) is 0 Å². The number of hydrogen-bond acceptors (Lipinski definition) is 8. The van der Waals surface area contributed by atoms with Gasteiger partial charge in [0, 0.05) is 39.1 Å². The van der Waals surface area contributed by atoms with E-state index in [1.807, 2.05) is 0 Å². The number of nitrogens with zero attached hydrogens (tertiary/aromatic N) is 3. The summed E-state index contributed by atoms with van der Waals surface area (Å²) in [5.41, 5.74) is 1.65. The molecule has 0 saturated carbocycles. The molecule has 3 heterocycles. The number of methoxy groups -OCH3 is 1. The molecule has 0 atom stereocenters. The fraction of sp³-hybridized carbons (Fsp3) is 0.417. The number of amides is 1. The van der Waals surface area contributed by atoms with Crippen molar-refractivity contribution < 1.29 is 23.4 Å². The van der Waals surface area contributed by atoms with Crippen molar-refractivity contribution in [3.8, 4) is 22.6 Å². The van der Waals surface area contributed by atoms with Crippen molar-refractivity contribution in [1.82, 2.24) is 25.3 Å². The highest BCUT2D eigenvalue weighted by Gasteiger charge is 2.40. The Morgan fingerprint density at radius 3 is 2.66 bits per heavy atom. The normalized spacial score (nSPS) is 19.9. The molecule has 186 valence electrons. The second-order valence-electron chi connectivity index (χ2n) is 8.48. The third-order valence-corrected chi connectivity index (χ3v) is 5.66. The second-order valence-corrected chi connectivity index (χ2v) is 8.48. The summed E-state index contributed by atoms with van der Waals surface area (Å²) >= 11 is 0. The molecule has 3 N–H and O–H groups in total. The van der Waals surface area contributed by atoms with Crippen LogP contribution in [0.1, 0.15) is 25.5 Å². The van der Waals surface area contributed by atoms with Crippen LogP contribution in [0.2, 0.25) is 0 Å². The number of carbonyl (C=O) groups excluding carboxylic acids is 1. The number of imidazole rings is 1. The first-order valence-corrected chi connectivity index (χ1v) is 11.3. The topological polar surface area (TPSA) is 123 Å². The Hall–Kier alpha value is -3.41. The number of H-pyrrole nitrogens is 1. The van der Waals surface area contributed by atoms with E-state index in [9.17, 15) is 9.18 Å². The van der Waals surface area contributed by atoms with Crippen molar-refractivity contribution in [1.29, 1.82) is 0 Å². The molecule has 1 aliphatic heterocycles. The van der Waals surface area contributed by atoms with E-state index in [0.29, 0.717) is 47.6 Å². The Kier molecular flexibility index (Phi) is 7.69. The Labute approximate surface area is 202 Å². The molecule has 0 unspecified atom stereocenters. The highest BCUT2D eigenvalue weighted by Crippen LogP contribution is 2.35. The number of halogens is 1. The summed E-state index contributed by atoms with van der Waals surface area (Å²) in [6.07, 6.45) is 1.55. The number of anilines is 1. The minimum absolute atomic E-state index is 0.139. The predicted molar refractivity (Wildman–Crippen MR) is 127 cm³/mol. The number of hydrogen-bond donors (Lipinski definition) is 3. The largest absolute Gasteiger partial charge is 0.385 e. The van der Waals surface area contributed by atoms with E-state index in [-0.39, 0.29) is 24.9 Å². The smallest absolute Gasteiger partial charge is 0.230 e. The van der Waals surface area contributed by atoms with Gasteiger partial charge in [-0.05, 0) is 43.7 Å². The highest BCUT2D eigenvalue weighted by molar-refractivity contribution is 5.82. The van der Waals surface area contributed by atoms with Crippen LogP contribution in [0.3, 0.4) is 0 Å². The molecule has 10 nitrogen and oxygen atoms in total. The van der Waals surface area contributed by atoms with Gasteiger partial charge in [-0.1, -0.05) is 0 Å². The summed E-state index contributed by atoms with van der Waals surface area (Å²) in [6, 6.07) is 7.78. The van der Waals surface area contributed by atoms with E-state index in [4.69, 9.17) is 19.2 Å². The summed E-state index contributed by atoms with van der Waals surface area (Å²) in [7, 11) is 3.35. The van der Waals surface area contributed by atoms with Crippen LogP contribution in [0.5, 0.6) is 0 Å². The summed E-state index contributed by atoms with van der Waals surface area (Å²) in [5, 5.41) is 5.82. The molecule has 0 spiro atoms. The monoisotopic (exact) mass is 484 g/mol. The maximum absolute atomic E-state index is 13.5. The molecule has 1 aromatic carbocycles. The average Bonchev–Trinajstić information content (AvgIpc) is 3.33. The molecule has 4 rings (SSSR count). The van der Waals surface area contributed by atoms with Crippen molar-refractivity contribution in [3.05, 3.63) is 48.2 Å². The van der Waals surface area contributed by atoms with Crippen molar-refractivity contribution in [2.24, 2.45) is 5.41 Å². The summed E-state index contributed by atoms with van der Waals surface area (Å²) < 4.78 is 30.4. The van der Waals surface area contributed by atoms with Crippen LogP contribution in [0.15, 0.2) is 36.5 Å². The van der Waals surface area contributed by atoms with Gasteiger partial charge in [0.1, 0.15) is 5.82 Å². The maximum atomic E-state index is 13.5. The van der Waals surface area contributed by atoms with Crippen LogP contribution < -0.4 is 10.6 Å². The van der Waals surface area contributed by atoms with Gasteiger partial charge in [0.2, 0.25) is 18.1 Å². The molecule has 35 heavy (non-hydrogen) atoms. The van der Waals surface area contributed by atoms with E-state index < -0.39 is 11.7 Å². The van der Waals surface area contributed by atoms with Crippen LogP contribution in [-0.2, 0) is 19.0 Å². The zero-order valence-electron chi connectivity index (χ0n) is 19.9. The lowest BCUT2D eigenvalue weighted by molar-refractivity contribution is -0.231. The molecule has 2 aromatic heterocycles. The van der Waals surface area contributed by atoms with E-state index in [2.05, 4.69) is 25.6 Å². The van der Waals surface area contributed by atoms with Crippen LogP contribution in [0.4, 0.5) is 10.3 Å². The fourth-order valence-corrected chi connectivity index (χ4v) is 3.65. The van der Waals surface area contributed by atoms with E-state index in [1.165, 1.54) is 12.1 Å². The summed E-state index contributed by atoms with van der Waals surface area (Å²) in [5.74, 6) is 0.386. The first-order valence-electron chi connectivity index (χ1n) is 11.3. The highest BCUT2D eigenvalue weighted by atomic mass is 19.1. The molecule has 1 fully saturated rings. The van der Waals surface area contributed by atoms with Gasteiger partial charge in [0.05, 0.1) is 35.7 Å². The van der Waals surface area contributed by atoms with Gasteiger partial charge < -0.3 is 29.8 Å². The van der Waals surface area contributed by atoms with Crippen LogP contribution >= 0.6 is 0 Å². The average molecular weight is 485 g/mol. The number of aromatic amines is 1. The Morgan fingerprint density at radius 1 is 1.23 bits per heavy atom. The van der Waals surface area contributed by atoms with Gasteiger partial charge in [-0.25, -0.2) is 19.3 Å². The fourth-order valence-electron chi connectivity index (χ4n) is 3.65. The SMILES string of the molecule is CNc1nccc(-c2[nH]c(C3OCC(C)(C(=O)NCCCOC)CO3)nc2-c2ccc(F)cc2)n1. The number of nitrogens with one attached hydrogen (secondary N) is 3. The summed E-state index contributed by atoms with van der Waals surface area (Å²) in [6.45, 7) is 3.21. The van der Waals surface area contributed by atoms with Crippen LogP contribution in [0, 0.1) is 11.2 Å². The minimum Gasteiger partial charge on any atom is -0.385 e. The maximum Gasteiger partial charge on any atom is 0.230 e. The minimum atomic E-state index is -0.826. The number of ether oxygens (including phenoxy) is 3. The van der Waals surface area contributed by atoms with Crippen molar-refractivity contribution in [3.63, 3.8) is 0 Å². The third-order valence-electron chi connectivity index (χ3n) is 5.66. The Bertz CT molecular complexity index is 1150. The Morgan fingerprint density at radius 2 is 1.97 bits per heavy atom. The van der Waals surface area contributed by atoms with Gasteiger partial charge in [-0.3, -0.25) is 4.79 Å². The lowest BCUT2D eigenvalue weighted by Gasteiger charge is -2.35. The van der Waals surface area contributed by atoms with Crippen LogP contribution in [0.25, 0.3) is 22.6 Å². The van der Waals surface area contributed by atoms with Crippen molar-refractivity contribution in [2.45, 2.75) is 19.6 Å². The number of rotatable bonds is 9. The van der Waals surface area contributed by atoms with Crippen molar-refractivity contribution >= 4 is 11.9 Å². The Balaban J connectivity index is 1.55. The number of carbonyl (C=O) groups is 1. The zero-order valence-corrected chi connectivity index (χ0v) is 19.9. The lowest BCUT2D eigenvalue weighted by atomic mass is 9.91. The summed E-state index contributed by atoms with van der Waals surface area (Å²) in [4.78, 5) is 29.3. The van der Waals surface area contributed by atoms with Gasteiger partial charge in [0.25, 0.3) is 0 Å². The molecule has 0 bridgehead atoms. The molecule has 1 aliphatic rings. The number of benzene rings is 1.